The number of nitrogens with one attached hydrogen (secondary N) is 3. The van der Waals surface area contributed by atoms with Crippen LogP contribution in [-0.2, 0) is 0 Å². The summed E-state index contributed by atoms with van der Waals surface area (Å²) in [6.07, 6.45) is 0. The Bertz CT molecular complexity index is 463. The van der Waals surface area contributed by atoms with Gasteiger partial charge in [-0.05, 0) is 19.9 Å². The zero-order chi connectivity index (χ0) is 12.3. The SMILES string of the molecule is CNc1c(C(C)=N)cccc1C(=O)C(C)=N. The van der Waals surface area contributed by atoms with E-state index in [4.69, 9.17) is 10.8 Å². The molecule has 1 rings (SSSR count). The number of anilines is 1. The molecular formula is C12H15N3O. The summed E-state index contributed by atoms with van der Waals surface area (Å²) < 4.78 is 0. The molecule has 0 radical (unpaired) electrons. The van der Waals surface area contributed by atoms with Crippen molar-refractivity contribution in [1.82, 2.24) is 0 Å². The fraction of sp³-hybridized carbons (Fsp3) is 0.250. The fourth-order valence-corrected chi connectivity index (χ4v) is 1.53. The van der Waals surface area contributed by atoms with E-state index in [0.29, 0.717) is 22.5 Å². The van der Waals surface area contributed by atoms with E-state index in [1.54, 1.807) is 32.2 Å². The van der Waals surface area contributed by atoms with Gasteiger partial charge in [-0.3, -0.25) is 4.79 Å². The van der Waals surface area contributed by atoms with Crippen molar-refractivity contribution in [2.75, 3.05) is 12.4 Å². The predicted octanol–water partition coefficient (Wildman–Crippen LogP) is 2.34. The number of benzene rings is 1. The summed E-state index contributed by atoms with van der Waals surface area (Å²) in [4.78, 5) is 11.8. The lowest BCUT2D eigenvalue weighted by atomic mass is 9.99. The van der Waals surface area contributed by atoms with E-state index in [0.717, 1.165) is 0 Å². The normalized spacial score (nSPS) is 9.69. The van der Waals surface area contributed by atoms with Gasteiger partial charge in [0.1, 0.15) is 0 Å². The number of Topliss-reactive ketones (excluding diaryl/α,β-unsaturated/α-hetero) is 1. The van der Waals surface area contributed by atoms with Crippen molar-refractivity contribution < 1.29 is 4.79 Å². The monoisotopic (exact) mass is 217 g/mol. The Morgan fingerprint density at radius 2 is 1.75 bits per heavy atom. The van der Waals surface area contributed by atoms with Crippen LogP contribution in [0.1, 0.15) is 29.8 Å². The molecule has 0 heterocycles. The molecule has 1 aromatic rings. The molecule has 3 N–H and O–H groups in total. The Kier molecular flexibility index (Phi) is 3.55. The molecule has 84 valence electrons. The average molecular weight is 217 g/mol. The van der Waals surface area contributed by atoms with E-state index in [1.165, 1.54) is 6.92 Å². The molecule has 0 bridgehead atoms. The van der Waals surface area contributed by atoms with Gasteiger partial charge < -0.3 is 16.1 Å². The van der Waals surface area contributed by atoms with E-state index >= 15 is 0 Å². The summed E-state index contributed by atoms with van der Waals surface area (Å²) in [5.41, 5.74) is 2.14. The van der Waals surface area contributed by atoms with Crippen LogP contribution in [0, 0.1) is 10.8 Å². The van der Waals surface area contributed by atoms with Gasteiger partial charge in [-0.15, -0.1) is 0 Å². The van der Waals surface area contributed by atoms with Gasteiger partial charge >= 0.3 is 0 Å². The number of hydrogen-bond acceptors (Lipinski definition) is 4. The lowest BCUT2D eigenvalue weighted by molar-refractivity contribution is 0.106. The molecule has 0 amide bonds. The van der Waals surface area contributed by atoms with Crippen LogP contribution in [0.15, 0.2) is 18.2 Å². The molecular weight excluding hydrogens is 202 g/mol. The van der Waals surface area contributed by atoms with E-state index in [2.05, 4.69) is 5.32 Å². The third-order valence-electron chi connectivity index (χ3n) is 2.30. The minimum atomic E-state index is -0.313. The summed E-state index contributed by atoms with van der Waals surface area (Å²) >= 11 is 0. The van der Waals surface area contributed by atoms with Crippen molar-refractivity contribution in [2.45, 2.75) is 13.8 Å². The average Bonchev–Trinajstić information content (AvgIpc) is 2.26. The van der Waals surface area contributed by atoms with Crippen molar-refractivity contribution >= 4 is 22.9 Å². The van der Waals surface area contributed by atoms with Gasteiger partial charge in [-0.2, -0.15) is 0 Å². The standard InChI is InChI=1S/C12H15N3O/c1-7(13)9-5-4-6-10(11(9)15-3)12(16)8(2)14/h4-6,13-15H,1-3H3. The smallest absolute Gasteiger partial charge is 0.208 e. The first-order valence-corrected chi connectivity index (χ1v) is 4.95. The molecule has 0 aliphatic rings. The van der Waals surface area contributed by atoms with Crippen LogP contribution in [0.25, 0.3) is 0 Å². The Labute approximate surface area is 94.7 Å². The molecule has 1 aromatic carbocycles. The van der Waals surface area contributed by atoms with E-state index < -0.39 is 0 Å². The number of hydrogen-bond donors (Lipinski definition) is 3. The van der Waals surface area contributed by atoms with Gasteiger partial charge in [-0.25, -0.2) is 0 Å². The van der Waals surface area contributed by atoms with Gasteiger partial charge in [0, 0.05) is 23.9 Å². The summed E-state index contributed by atoms with van der Waals surface area (Å²) in [6, 6.07) is 5.17. The number of ketones is 1. The Hall–Kier alpha value is -1.97. The largest absolute Gasteiger partial charge is 0.387 e. The highest BCUT2D eigenvalue weighted by atomic mass is 16.1. The van der Waals surface area contributed by atoms with Crippen molar-refractivity contribution in [3.63, 3.8) is 0 Å². The maximum absolute atomic E-state index is 11.8. The summed E-state index contributed by atoms with van der Waals surface area (Å²) in [5, 5.41) is 17.9. The van der Waals surface area contributed by atoms with Crippen LogP contribution in [0.3, 0.4) is 0 Å². The summed E-state index contributed by atoms with van der Waals surface area (Å²) in [7, 11) is 1.71. The molecule has 0 unspecified atom stereocenters. The highest BCUT2D eigenvalue weighted by Gasteiger charge is 2.15. The highest BCUT2D eigenvalue weighted by molar-refractivity contribution is 6.45. The number of carbonyl (C=O) groups excluding carboxylic acids is 1. The third-order valence-corrected chi connectivity index (χ3v) is 2.30. The van der Waals surface area contributed by atoms with Crippen molar-refractivity contribution in [1.29, 1.82) is 10.8 Å². The fourth-order valence-electron chi connectivity index (χ4n) is 1.53. The number of para-hydroxylation sites is 1. The first kappa shape index (κ1) is 12.1. The molecule has 16 heavy (non-hydrogen) atoms. The molecule has 0 fully saturated rings. The Balaban J connectivity index is 3.41. The first-order valence-electron chi connectivity index (χ1n) is 4.95. The van der Waals surface area contributed by atoms with E-state index in [-0.39, 0.29) is 11.5 Å². The minimum Gasteiger partial charge on any atom is -0.387 e. The van der Waals surface area contributed by atoms with Gasteiger partial charge in [0.2, 0.25) is 5.78 Å². The van der Waals surface area contributed by atoms with Crippen LogP contribution in [0.4, 0.5) is 5.69 Å². The van der Waals surface area contributed by atoms with Crippen LogP contribution in [0.2, 0.25) is 0 Å². The maximum Gasteiger partial charge on any atom is 0.208 e. The second-order valence-corrected chi connectivity index (χ2v) is 3.56. The summed E-state index contributed by atoms with van der Waals surface area (Å²) in [5.74, 6) is -0.313. The second kappa shape index (κ2) is 4.70. The maximum atomic E-state index is 11.8. The summed E-state index contributed by atoms with van der Waals surface area (Å²) in [6.45, 7) is 3.13. The second-order valence-electron chi connectivity index (χ2n) is 3.56. The molecule has 0 saturated heterocycles. The van der Waals surface area contributed by atoms with Crippen molar-refractivity contribution in [2.24, 2.45) is 0 Å². The van der Waals surface area contributed by atoms with Crippen molar-refractivity contribution in [3.8, 4) is 0 Å². The van der Waals surface area contributed by atoms with Gasteiger partial charge in [0.05, 0.1) is 11.4 Å². The molecule has 0 aromatic heterocycles. The molecule has 4 nitrogen and oxygen atoms in total. The van der Waals surface area contributed by atoms with Crippen LogP contribution >= 0.6 is 0 Å². The van der Waals surface area contributed by atoms with E-state index in [9.17, 15) is 4.79 Å². The molecule has 0 spiro atoms. The van der Waals surface area contributed by atoms with Gasteiger partial charge in [-0.1, -0.05) is 12.1 Å². The zero-order valence-electron chi connectivity index (χ0n) is 9.64. The highest BCUT2D eigenvalue weighted by Crippen LogP contribution is 2.22. The van der Waals surface area contributed by atoms with Crippen LogP contribution in [0.5, 0.6) is 0 Å². The molecule has 4 heteroatoms. The predicted molar refractivity (Wildman–Crippen MR) is 66.2 cm³/mol. The van der Waals surface area contributed by atoms with E-state index in [1.807, 2.05) is 0 Å². The van der Waals surface area contributed by atoms with Crippen molar-refractivity contribution in [3.05, 3.63) is 29.3 Å². The first-order chi connectivity index (χ1) is 7.49. The topological polar surface area (TPSA) is 76.8 Å². The zero-order valence-corrected chi connectivity index (χ0v) is 9.64. The Morgan fingerprint density at radius 1 is 1.19 bits per heavy atom. The minimum absolute atomic E-state index is 0.00344. The molecule has 0 atom stereocenters. The quantitative estimate of drug-likeness (QED) is 0.534. The third kappa shape index (κ3) is 2.16. The van der Waals surface area contributed by atoms with Crippen LogP contribution < -0.4 is 5.32 Å². The lowest BCUT2D eigenvalue weighted by Gasteiger charge is -2.12. The lowest BCUT2D eigenvalue weighted by Crippen LogP contribution is -2.13. The van der Waals surface area contributed by atoms with Gasteiger partial charge in [0.25, 0.3) is 0 Å². The van der Waals surface area contributed by atoms with Gasteiger partial charge in [0.15, 0.2) is 0 Å². The number of carbonyl (C=O) groups is 1. The molecule has 0 aliphatic carbocycles. The molecule has 0 aliphatic heterocycles. The number of rotatable bonds is 4. The van der Waals surface area contributed by atoms with Crippen LogP contribution in [-0.4, -0.2) is 24.3 Å². The molecule has 0 saturated carbocycles. The Morgan fingerprint density at radius 3 is 2.19 bits per heavy atom.